The van der Waals surface area contributed by atoms with Crippen LogP contribution in [0.25, 0.3) is 11.1 Å². The van der Waals surface area contributed by atoms with E-state index in [1.165, 1.54) is 0 Å². The molecule has 0 atom stereocenters. The zero-order chi connectivity index (χ0) is 18.0. The molecule has 0 saturated carbocycles. The normalized spacial score (nSPS) is 14.3. The van der Waals surface area contributed by atoms with Crippen molar-refractivity contribution < 1.29 is 9.59 Å². The number of benzene rings is 2. The first-order chi connectivity index (χ1) is 11.8. The molecule has 1 aliphatic carbocycles. The standard InChI is InChI=1S/C22H22O2Si/c1-25(2,3)15-22(24)18-11-7-10-17(12-18)21-14-19(23)13-20(21)16-8-5-4-6-9-16/h4-14H,15H2,1-3H3. The van der Waals surface area contributed by atoms with E-state index in [1.54, 1.807) is 12.2 Å². The minimum Gasteiger partial charge on any atom is -0.295 e. The van der Waals surface area contributed by atoms with Crippen molar-refractivity contribution >= 4 is 30.8 Å². The predicted molar refractivity (Wildman–Crippen MR) is 106 cm³/mol. The number of hydrogen-bond donors (Lipinski definition) is 0. The van der Waals surface area contributed by atoms with Crippen molar-refractivity contribution in [2.45, 2.75) is 25.7 Å². The van der Waals surface area contributed by atoms with Crippen LogP contribution in [0, 0.1) is 0 Å². The third-order valence-corrected chi connectivity index (χ3v) is 5.52. The third-order valence-electron chi connectivity index (χ3n) is 4.13. The molecule has 126 valence electrons. The molecule has 0 bridgehead atoms. The molecule has 0 fully saturated rings. The molecule has 0 heterocycles. The third kappa shape index (κ3) is 4.12. The van der Waals surface area contributed by atoms with Gasteiger partial charge >= 0.3 is 0 Å². The first kappa shape index (κ1) is 17.3. The summed E-state index contributed by atoms with van der Waals surface area (Å²) in [7, 11) is -1.46. The Kier molecular flexibility index (Phi) is 4.68. The smallest absolute Gasteiger partial charge is 0.179 e. The van der Waals surface area contributed by atoms with E-state index in [2.05, 4.69) is 19.6 Å². The maximum atomic E-state index is 12.6. The van der Waals surface area contributed by atoms with Crippen molar-refractivity contribution in [1.29, 1.82) is 0 Å². The first-order valence-corrected chi connectivity index (χ1v) is 12.2. The van der Waals surface area contributed by atoms with Gasteiger partial charge in [0.25, 0.3) is 0 Å². The molecule has 0 aromatic heterocycles. The van der Waals surface area contributed by atoms with E-state index in [1.807, 2.05) is 54.6 Å². The van der Waals surface area contributed by atoms with Crippen LogP contribution in [0.15, 0.2) is 66.7 Å². The fourth-order valence-electron chi connectivity index (χ4n) is 3.02. The van der Waals surface area contributed by atoms with Gasteiger partial charge in [0.2, 0.25) is 0 Å². The monoisotopic (exact) mass is 346 g/mol. The van der Waals surface area contributed by atoms with E-state index in [4.69, 9.17) is 0 Å². The molecule has 0 N–H and O–H groups in total. The Hall–Kier alpha value is -2.52. The average Bonchev–Trinajstić information content (AvgIpc) is 2.96. The van der Waals surface area contributed by atoms with Crippen LogP contribution in [-0.4, -0.2) is 19.6 Å². The highest BCUT2D eigenvalue weighted by Crippen LogP contribution is 2.35. The summed E-state index contributed by atoms with van der Waals surface area (Å²) in [6, 6.07) is 18.2. The van der Waals surface area contributed by atoms with Crippen LogP contribution in [0.2, 0.25) is 25.7 Å². The topological polar surface area (TPSA) is 34.1 Å². The summed E-state index contributed by atoms with van der Waals surface area (Å²) in [4.78, 5) is 24.6. The Bertz CT molecular complexity index is 884. The minimum absolute atomic E-state index is 0.00678. The lowest BCUT2D eigenvalue weighted by molar-refractivity contribution is -0.110. The van der Waals surface area contributed by atoms with Gasteiger partial charge < -0.3 is 0 Å². The molecule has 0 spiro atoms. The summed E-state index contributed by atoms with van der Waals surface area (Å²) in [6.45, 7) is 6.59. The second-order valence-electron chi connectivity index (χ2n) is 7.63. The molecule has 2 aromatic carbocycles. The number of carbonyl (C=O) groups is 2. The van der Waals surface area contributed by atoms with E-state index in [9.17, 15) is 9.59 Å². The van der Waals surface area contributed by atoms with Gasteiger partial charge in [-0.05, 0) is 40.5 Å². The van der Waals surface area contributed by atoms with Gasteiger partial charge in [0.15, 0.2) is 11.6 Å². The lowest BCUT2D eigenvalue weighted by atomic mass is 9.93. The Morgan fingerprint density at radius 2 is 1.44 bits per heavy atom. The quantitative estimate of drug-likeness (QED) is 0.547. The van der Waals surface area contributed by atoms with Gasteiger partial charge in [-0.2, -0.15) is 0 Å². The summed E-state index contributed by atoms with van der Waals surface area (Å²) in [5, 5.41) is 0. The number of carbonyl (C=O) groups excluding carboxylic acids is 2. The van der Waals surface area contributed by atoms with E-state index in [0.717, 1.165) is 27.8 Å². The molecule has 25 heavy (non-hydrogen) atoms. The second kappa shape index (κ2) is 6.77. The van der Waals surface area contributed by atoms with Crippen LogP contribution >= 0.6 is 0 Å². The molecule has 2 nitrogen and oxygen atoms in total. The molecule has 1 aliphatic rings. The number of Topliss-reactive ketones (excluding diaryl/α,β-unsaturated/α-hetero) is 1. The zero-order valence-corrected chi connectivity index (χ0v) is 15.9. The van der Waals surface area contributed by atoms with Gasteiger partial charge in [0.1, 0.15) is 0 Å². The van der Waals surface area contributed by atoms with Crippen molar-refractivity contribution in [2.75, 3.05) is 0 Å². The maximum Gasteiger partial charge on any atom is 0.179 e. The van der Waals surface area contributed by atoms with E-state index in [0.29, 0.717) is 6.04 Å². The highest BCUT2D eigenvalue weighted by molar-refractivity contribution is 6.79. The molecule has 3 heteroatoms. The molecular formula is C22H22O2Si. The van der Waals surface area contributed by atoms with E-state index in [-0.39, 0.29) is 11.6 Å². The fourth-order valence-corrected chi connectivity index (χ4v) is 4.19. The Balaban J connectivity index is 1.96. The van der Waals surface area contributed by atoms with Crippen LogP contribution in [0.5, 0.6) is 0 Å². The predicted octanol–water partition coefficient (Wildman–Crippen LogP) is 5.26. The summed E-state index contributed by atoms with van der Waals surface area (Å²) >= 11 is 0. The Labute approximate surface area is 149 Å². The van der Waals surface area contributed by atoms with Crippen LogP contribution in [0.4, 0.5) is 0 Å². The maximum absolute atomic E-state index is 12.6. The Morgan fingerprint density at radius 3 is 2.08 bits per heavy atom. The van der Waals surface area contributed by atoms with Crippen molar-refractivity contribution in [1.82, 2.24) is 0 Å². The SMILES string of the molecule is C[Si](C)(C)CC(=O)c1cccc(C2=CC(=O)C=C2c2ccccc2)c1. The van der Waals surface area contributed by atoms with Crippen molar-refractivity contribution in [3.05, 3.63) is 83.4 Å². The van der Waals surface area contributed by atoms with Gasteiger partial charge in [0, 0.05) is 11.6 Å². The van der Waals surface area contributed by atoms with Gasteiger partial charge in [-0.3, -0.25) is 9.59 Å². The largest absolute Gasteiger partial charge is 0.295 e. The molecule has 0 amide bonds. The number of allylic oxidation sites excluding steroid dienone is 4. The minimum atomic E-state index is -1.46. The molecule has 0 radical (unpaired) electrons. The number of ketones is 2. The fraction of sp³-hybridized carbons (Fsp3) is 0.182. The zero-order valence-electron chi connectivity index (χ0n) is 14.9. The highest BCUT2D eigenvalue weighted by atomic mass is 28.3. The number of hydrogen-bond acceptors (Lipinski definition) is 2. The van der Waals surface area contributed by atoms with Gasteiger partial charge in [-0.15, -0.1) is 0 Å². The molecule has 0 saturated heterocycles. The van der Waals surface area contributed by atoms with Gasteiger partial charge in [-0.25, -0.2) is 0 Å². The first-order valence-electron chi connectivity index (χ1n) is 8.50. The average molecular weight is 347 g/mol. The number of rotatable bonds is 5. The lowest BCUT2D eigenvalue weighted by Gasteiger charge is -2.15. The van der Waals surface area contributed by atoms with Crippen LogP contribution in [0.1, 0.15) is 21.5 Å². The summed E-state index contributed by atoms with van der Waals surface area (Å²) < 4.78 is 0. The summed E-state index contributed by atoms with van der Waals surface area (Å²) in [5.41, 5.74) is 4.47. The van der Waals surface area contributed by atoms with E-state index < -0.39 is 8.07 Å². The van der Waals surface area contributed by atoms with Gasteiger partial charge in [0.05, 0.1) is 8.07 Å². The van der Waals surface area contributed by atoms with Crippen LogP contribution in [0.3, 0.4) is 0 Å². The van der Waals surface area contributed by atoms with Crippen molar-refractivity contribution in [3.8, 4) is 0 Å². The van der Waals surface area contributed by atoms with Gasteiger partial charge in [-0.1, -0.05) is 68.2 Å². The molecule has 3 rings (SSSR count). The molecular weight excluding hydrogens is 324 g/mol. The van der Waals surface area contributed by atoms with E-state index >= 15 is 0 Å². The summed E-state index contributed by atoms with van der Waals surface area (Å²) in [6.07, 6.45) is 3.33. The molecule has 0 unspecified atom stereocenters. The Morgan fingerprint density at radius 1 is 0.840 bits per heavy atom. The van der Waals surface area contributed by atoms with Crippen LogP contribution < -0.4 is 0 Å². The lowest BCUT2D eigenvalue weighted by Crippen LogP contribution is -2.24. The summed E-state index contributed by atoms with van der Waals surface area (Å²) in [5.74, 6) is 0.184. The van der Waals surface area contributed by atoms with Crippen LogP contribution in [-0.2, 0) is 4.79 Å². The second-order valence-corrected chi connectivity index (χ2v) is 13.1. The molecule has 0 aliphatic heterocycles. The van der Waals surface area contributed by atoms with Crippen molar-refractivity contribution in [3.63, 3.8) is 0 Å². The van der Waals surface area contributed by atoms with Crippen molar-refractivity contribution in [2.24, 2.45) is 0 Å². The molecule has 2 aromatic rings. The highest BCUT2D eigenvalue weighted by Gasteiger charge is 2.22.